The van der Waals surface area contributed by atoms with Crippen molar-refractivity contribution >= 4 is 17.5 Å². The minimum Gasteiger partial charge on any atom is -0.287 e. The quantitative estimate of drug-likeness (QED) is 0.839. The van der Waals surface area contributed by atoms with Crippen LogP contribution in [0.2, 0.25) is 5.02 Å². The molecule has 0 heterocycles. The van der Waals surface area contributed by atoms with Crippen molar-refractivity contribution in [2.45, 2.75) is 44.1 Å². The van der Waals surface area contributed by atoms with Gasteiger partial charge in [0.25, 0.3) is 5.91 Å². The van der Waals surface area contributed by atoms with Gasteiger partial charge in [0, 0.05) is 16.1 Å². The van der Waals surface area contributed by atoms with E-state index in [0.29, 0.717) is 10.6 Å². The van der Waals surface area contributed by atoms with Gasteiger partial charge in [-0.25, -0.2) is 5.43 Å². The molecule has 0 unspecified atom stereocenters. The molecular formula is C17H21ClN2O. The van der Waals surface area contributed by atoms with Crippen molar-refractivity contribution in [3.63, 3.8) is 0 Å². The van der Waals surface area contributed by atoms with Crippen molar-refractivity contribution in [1.82, 2.24) is 10.9 Å². The molecule has 3 nitrogen and oxygen atoms in total. The summed E-state index contributed by atoms with van der Waals surface area (Å²) >= 11 is 5.95. The molecule has 21 heavy (non-hydrogen) atoms. The molecule has 112 valence electrons. The topological polar surface area (TPSA) is 41.1 Å². The average Bonchev–Trinajstić information content (AvgIpc) is 2.43. The lowest BCUT2D eigenvalue weighted by Crippen LogP contribution is -2.62. The third-order valence-electron chi connectivity index (χ3n) is 5.57. The highest BCUT2D eigenvalue weighted by atomic mass is 35.5. The van der Waals surface area contributed by atoms with E-state index in [1.165, 1.54) is 38.5 Å². The molecule has 4 saturated carbocycles. The number of hydrazine groups is 1. The van der Waals surface area contributed by atoms with Crippen LogP contribution in [-0.4, -0.2) is 11.4 Å². The third kappa shape index (κ3) is 2.58. The van der Waals surface area contributed by atoms with Crippen molar-refractivity contribution in [1.29, 1.82) is 0 Å². The molecule has 0 spiro atoms. The zero-order valence-electron chi connectivity index (χ0n) is 12.1. The molecule has 4 fully saturated rings. The molecule has 0 atom stereocenters. The Morgan fingerprint density at radius 2 is 1.71 bits per heavy atom. The zero-order chi connectivity index (χ0) is 14.4. The summed E-state index contributed by atoms with van der Waals surface area (Å²) in [6, 6.07) is 7.09. The number of hydrogen-bond acceptors (Lipinski definition) is 2. The molecule has 0 aromatic heterocycles. The number of rotatable bonds is 3. The van der Waals surface area contributed by atoms with Crippen molar-refractivity contribution in [2.75, 3.05) is 0 Å². The summed E-state index contributed by atoms with van der Waals surface area (Å²) in [6.45, 7) is 0. The van der Waals surface area contributed by atoms with Gasteiger partial charge < -0.3 is 0 Å². The Morgan fingerprint density at radius 3 is 2.29 bits per heavy atom. The summed E-state index contributed by atoms with van der Waals surface area (Å²) < 4.78 is 0. The molecule has 1 amide bonds. The third-order valence-corrected chi connectivity index (χ3v) is 5.80. The lowest BCUT2D eigenvalue weighted by molar-refractivity contribution is -0.0257. The molecule has 4 aliphatic rings. The monoisotopic (exact) mass is 304 g/mol. The van der Waals surface area contributed by atoms with E-state index in [0.717, 1.165) is 17.8 Å². The summed E-state index contributed by atoms with van der Waals surface area (Å²) in [5.74, 6) is 2.51. The van der Waals surface area contributed by atoms with Crippen LogP contribution in [0.5, 0.6) is 0 Å². The first-order valence-electron chi connectivity index (χ1n) is 7.95. The Morgan fingerprint density at radius 1 is 1.10 bits per heavy atom. The molecule has 0 aliphatic heterocycles. The average molecular weight is 305 g/mol. The predicted octanol–water partition coefficient (Wildman–Crippen LogP) is 3.54. The summed E-state index contributed by atoms with van der Waals surface area (Å²) in [7, 11) is 0. The van der Waals surface area contributed by atoms with Crippen molar-refractivity contribution in [2.24, 2.45) is 17.8 Å². The number of carbonyl (C=O) groups excluding carboxylic acids is 1. The minimum absolute atomic E-state index is 0.0896. The highest BCUT2D eigenvalue weighted by Crippen LogP contribution is 2.55. The fraction of sp³-hybridized carbons (Fsp3) is 0.588. The van der Waals surface area contributed by atoms with Crippen LogP contribution in [0.25, 0.3) is 0 Å². The van der Waals surface area contributed by atoms with Crippen LogP contribution in [0.15, 0.2) is 24.3 Å². The van der Waals surface area contributed by atoms with Gasteiger partial charge >= 0.3 is 0 Å². The molecule has 4 heteroatoms. The predicted molar refractivity (Wildman–Crippen MR) is 83.0 cm³/mol. The minimum atomic E-state index is -0.0896. The van der Waals surface area contributed by atoms with Gasteiger partial charge in [-0.15, -0.1) is 0 Å². The van der Waals surface area contributed by atoms with E-state index in [-0.39, 0.29) is 11.4 Å². The first-order valence-corrected chi connectivity index (χ1v) is 8.33. The fourth-order valence-electron chi connectivity index (χ4n) is 5.15. The highest BCUT2D eigenvalue weighted by molar-refractivity contribution is 6.30. The molecule has 4 aliphatic carbocycles. The fourth-order valence-corrected chi connectivity index (χ4v) is 5.35. The number of nitrogens with one attached hydrogen (secondary N) is 2. The van der Waals surface area contributed by atoms with E-state index in [2.05, 4.69) is 10.9 Å². The summed E-state index contributed by atoms with van der Waals surface area (Å²) in [4.78, 5) is 12.3. The Balaban J connectivity index is 1.44. The van der Waals surface area contributed by atoms with Gasteiger partial charge in [-0.05, 0) is 74.5 Å². The highest BCUT2D eigenvalue weighted by Gasteiger charge is 2.51. The van der Waals surface area contributed by atoms with Crippen LogP contribution < -0.4 is 10.9 Å². The van der Waals surface area contributed by atoms with Crippen LogP contribution in [0, 0.1) is 17.8 Å². The molecule has 2 N–H and O–H groups in total. The maximum atomic E-state index is 12.3. The first-order chi connectivity index (χ1) is 10.1. The number of benzene rings is 1. The van der Waals surface area contributed by atoms with E-state index < -0.39 is 0 Å². The van der Waals surface area contributed by atoms with E-state index in [4.69, 9.17) is 11.6 Å². The van der Waals surface area contributed by atoms with Crippen LogP contribution in [-0.2, 0) is 0 Å². The van der Waals surface area contributed by atoms with Gasteiger partial charge in [0.1, 0.15) is 0 Å². The van der Waals surface area contributed by atoms with Crippen molar-refractivity contribution in [3.05, 3.63) is 34.9 Å². The second kappa shape index (κ2) is 4.99. The zero-order valence-corrected chi connectivity index (χ0v) is 12.8. The summed E-state index contributed by atoms with van der Waals surface area (Å²) in [5.41, 5.74) is 7.09. The van der Waals surface area contributed by atoms with E-state index in [1.54, 1.807) is 18.2 Å². The summed E-state index contributed by atoms with van der Waals surface area (Å²) in [5, 5.41) is 0.595. The molecule has 0 radical (unpaired) electrons. The van der Waals surface area contributed by atoms with Crippen LogP contribution in [0.3, 0.4) is 0 Å². The summed E-state index contributed by atoms with van der Waals surface area (Å²) in [6.07, 6.45) is 7.87. The van der Waals surface area contributed by atoms with Crippen molar-refractivity contribution < 1.29 is 4.79 Å². The van der Waals surface area contributed by atoms with Gasteiger partial charge in [-0.2, -0.15) is 0 Å². The molecule has 1 aromatic carbocycles. The lowest BCUT2D eigenvalue weighted by Gasteiger charge is -2.56. The Bertz CT molecular complexity index is 536. The van der Waals surface area contributed by atoms with Gasteiger partial charge in [-0.1, -0.05) is 17.7 Å². The Kier molecular flexibility index (Phi) is 3.23. The van der Waals surface area contributed by atoms with Gasteiger partial charge in [0.05, 0.1) is 0 Å². The maximum Gasteiger partial charge on any atom is 0.265 e. The maximum absolute atomic E-state index is 12.3. The molecule has 0 saturated heterocycles. The van der Waals surface area contributed by atoms with Gasteiger partial charge in [0.2, 0.25) is 0 Å². The largest absolute Gasteiger partial charge is 0.287 e. The number of amides is 1. The first kappa shape index (κ1) is 13.6. The van der Waals surface area contributed by atoms with Gasteiger partial charge in [-0.3, -0.25) is 10.2 Å². The standard InChI is InChI=1S/C17H21ClN2O/c18-15-3-1-2-14(7-15)16(21)19-20-17-8-11-4-12(9-17)6-13(5-11)10-17/h1-3,7,11-13,20H,4-6,8-10H2,(H,19,21). The Hall–Kier alpha value is -1.06. The number of carbonyl (C=O) groups is 1. The van der Waals surface area contributed by atoms with Gasteiger partial charge in [0.15, 0.2) is 0 Å². The van der Waals surface area contributed by atoms with Crippen LogP contribution in [0.4, 0.5) is 0 Å². The van der Waals surface area contributed by atoms with E-state index in [1.807, 2.05) is 6.07 Å². The second-order valence-electron chi connectivity index (χ2n) is 7.29. The molecule has 5 rings (SSSR count). The normalized spacial score (nSPS) is 36.7. The number of hydrogen-bond donors (Lipinski definition) is 2. The van der Waals surface area contributed by atoms with Crippen molar-refractivity contribution in [3.8, 4) is 0 Å². The molecule has 1 aromatic rings. The lowest BCUT2D eigenvalue weighted by atomic mass is 9.53. The van der Waals surface area contributed by atoms with Crippen LogP contribution in [0.1, 0.15) is 48.9 Å². The molecule has 4 bridgehead atoms. The Labute approximate surface area is 130 Å². The smallest absolute Gasteiger partial charge is 0.265 e. The van der Waals surface area contributed by atoms with E-state index >= 15 is 0 Å². The second-order valence-corrected chi connectivity index (χ2v) is 7.72. The SMILES string of the molecule is O=C(NNC12CC3CC(CC(C3)C1)C2)c1cccc(Cl)c1. The van der Waals surface area contributed by atoms with Crippen LogP contribution >= 0.6 is 11.6 Å². The van der Waals surface area contributed by atoms with E-state index in [9.17, 15) is 4.79 Å². The molecular weight excluding hydrogens is 284 g/mol. The number of halogens is 1.